The normalized spacial score (nSPS) is 14.0. The molecular formula is C17H22N2O. The third kappa shape index (κ3) is 3.17. The molecule has 0 radical (unpaired) electrons. The summed E-state index contributed by atoms with van der Waals surface area (Å²) in [6.45, 7) is 4.36. The molecule has 2 aromatic carbocycles. The van der Waals surface area contributed by atoms with Gasteiger partial charge < -0.3 is 10.6 Å². The summed E-state index contributed by atoms with van der Waals surface area (Å²) < 4.78 is 0. The van der Waals surface area contributed by atoms with E-state index in [4.69, 9.17) is 5.73 Å². The summed E-state index contributed by atoms with van der Waals surface area (Å²) in [5.41, 5.74) is 6.93. The molecule has 2 aromatic rings. The zero-order chi connectivity index (χ0) is 14.7. The summed E-state index contributed by atoms with van der Waals surface area (Å²) >= 11 is 0. The lowest BCUT2D eigenvalue weighted by Crippen LogP contribution is -2.39. The van der Waals surface area contributed by atoms with E-state index in [1.165, 1.54) is 10.8 Å². The van der Waals surface area contributed by atoms with Crippen molar-refractivity contribution in [3.05, 3.63) is 48.0 Å². The molecule has 2 unspecified atom stereocenters. The van der Waals surface area contributed by atoms with Crippen LogP contribution < -0.4 is 5.73 Å². The third-order valence-corrected chi connectivity index (χ3v) is 3.79. The van der Waals surface area contributed by atoms with Crippen LogP contribution >= 0.6 is 0 Å². The maximum atomic E-state index is 12.2. The minimum atomic E-state index is -0.152. The Bertz CT molecular complexity index is 607. The van der Waals surface area contributed by atoms with Gasteiger partial charge in [0.25, 0.3) is 0 Å². The summed E-state index contributed by atoms with van der Waals surface area (Å²) in [5.74, 6) is -0.0615. The van der Waals surface area contributed by atoms with Crippen molar-refractivity contribution in [1.29, 1.82) is 0 Å². The van der Waals surface area contributed by atoms with E-state index in [0.717, 1.165) is 5.56 Å². The van der Waals surface area contributed by atoms with Crippen LogP contribution in [0.4, 0.5) is 0 Å². The van der Waals surface area contributed by atoms with Gasteiger partial charge in [0.05, 0.1) is 5.92 Å². The number of carbonyl (C=O) groups excluding carboxylic acids is 1. The SMILES string of the molecule is CC(N)C(C)C(=O)N(C)Cc1ccc2ccccc2c1. The van der Waals surface area contributed by atoms with Gasteiger partial charge in [0.2, 0.25) is 5.91 Å². The molecule has 0 bridgehead atoms. The molecule has 2 rings (SSSR count). The molecule has 1 amide bonds. The number of fused-ring (bicyclic) bond motifs is 1. The van der Waals surface area contributed by atoms with E-state index in [-0.39, 0.29) is 17.9 Å². The standard InChI is InChI=1S/C17H22N2O/c1-12(13(2)18)17(20)19(3)11-14-8-9-15-6-4-5-7-16(15)10-14/h4-10,12-13H,11,18H2,1-3H3. The van der Waals surface area contributed by atoms with Crippen molar-refractivity contribution in [3.8, 4) is 0 Å². The Labute approximate surface area is 120 Å². The van der Waals surface area contributed by atoms with Crippen LogP contribution in [0.5, 0.6) is 0 Å². The molecule has 3 nitrogen and oxygen atoms in total. The maximum absolute atomic E-state index is 12.2. The Balaban J connectivity index is 2.13. The van der Waals surface area contributed by atoms with E-state index in [0.29, 0.717) is 6.54 Å². The first kappa shape index (κ1) is 14.5. The first-order valence-electron chi connectivity index (χ1n) is 6.97. The molecule has 0 spiro atoms. The van der Waals surface area contributed by atoms with Crippen molar-refractivity contribution >= 4 is 16.7 Å². The number of rotatable bonds is 4. The van der Waals surface area contributed by atoms with E-state index >= 15 is 0 Å². The van der Waals surface area contributed by atoms with E-state index in [1.54, 1.807) is 4.90 Å². The van der Waals surface area contributed by atoms with Crippen LogP contribution in [0.15, 0.2) is 42.5 Å². The van der Waals surface area contributed by atoms with Crippen LogP contribution in [0.2, 0.25) is 0 Å². The number of carbonyl (C=O) groups is 1. The second-order valence-corrected chi connectivity index (χ2v) is 5.52. The van der Waals surface area contributed by atoms with Gasteiger partial charge in [-0.05, 0) is 29.3 Å². The van der Waals surface area contributed by atoms with E-state index in [9.17, 15) is 4.79 Å². The topological polar surface area (TPSA) is 46.3 Å². The zero-order valence-electron chi connectivity index (χ0n) is 12.3. The molecule has 0 aromatic heterocycles. The van der Waals surface area contributed by atoms with E-state index < -0.39 is 0 Å². The van der Waals surface area contributed by atoms with E-state index in [1.807, 2.05) is 33.0 Å². The van der Waals surface area contributed by atoms with Gasteiger partial charge in [-0.1, -0.05) is 43.3 Å². The molecule has 3 heteroatoms. The molecule has 0 fully saturated rings. The number of amides is 1. The highest BCUT2D eigenvalue weighted by Gasteiger charge is 2.20. The summed E-state index contributed by atoms with van der Waals surface area (Å²) in [6.07, 6.45) is 0. The molecule has 106 valence electrons. The fourth-order valence-corrected chi connectivity index (χ4v) is 2.26. The van der Waals surface area contributed by atoms with Crippen LogP contribution in [0.1, 0.15) is 19.4 Å². The largest absolute Gasteiger partial charge is 0.341 e. The van der Waals surface area contributed by atoms with Gasteiger partial charge in [-0.25, -0.2) is 0 Å². The number of benzene rings is 2. The fraction of sp³-hybridized carbons (Fsp3) is 0.353. The molecule has 2 N–H and O–H groups in total. The molecule has 0 saturated carbocycles. The minimum absolute atomic E-state index is 0.0909. The van der Waals surface area contributed by atoms with Crippen molar-refractivity contribution in [1.82, 2.24) is 4.90 Å². The minimum Gasteiger partial charge on any atom is -0.341 e. The lowest BCUT2D eigenvalue weighted by atomic mass is 10.0. The van der Waals surface area contributed by atoms with Gasteiger partial charge >= 0.3 is 0 Å². The second-order valence-electron chi connectivity index (χ2n) is 5.52. The lowest BCUT2D eigenvalue weighted by Gasteiger charge is -2.23. The molecule has 0 aliphatic heterocycles. The van der Waals surface area contributed by atoms with Gasteiger partial charge in [-0.15, -0.1) is 0 Å². The smallest absolute Gasteiger partial charge is 0.226 e. The summed E-state index contributed by atoms with van der Waals surface area (Å²) in [6, 6.07) is 14.4. The quantitative estimate of drug-likeness (QED) is 0.928. The van der Waals surface area contributed by atoms with Crippen LogP contribution in [0.3, 0.4) is 0 Å². The Morgan fingerprint density at radius 1 is 1.15 bits per heavy atom. The van der Waals surface area contributed by atoms with Gasteiger partial charge in [-0.2, -0.15) is 0 Å². The Kier molecular flexibility index (Phi) is 4.40. The number of nitrogens with two attached hydrogens (primary N) is 1. The van der Waals surface area contributed by atoms with Crippen molar-refractivity contribution in [3.63, 3.8) is 0 Å². The number of hydrogen-bond acceptors (Lipinski definition) is 2. The lowest BCUT2D eigenvalue weighted by molar-refractivity contribution is -0.134. The predicted molar refractivity (Wildman–Crippen MR) is 83.2 cm³/mol. The zero-order valence-corrected chi connectivity index (χ0v) is 12.3. The van der Waals surface area contributed by atoms with Crippen LogP contribution in [-0.4, -0.2) is 23.9 Å². The molecular weight excluding hydrogens is 248 g/mol. The molecule has 0 saturated heterocycles. The first-order chi connectivity index (χ1) is 9.49. The predicted octanol–water partition coefficient (Wildman–Crippen LogP) is 2.78. The van der Waals surface area contributed by atoms with E-state index in [2.05, 4.69) is 30.3 Å². The highest BCUT2D eigenvalue weighted by atomic mass is 16.2. The van der Waals surface area contributed by atoms with Gasteiger partial charge in [-0.3, -0.25) is 4.79 Å². The first-order valence-corrected chi connectivity index (χ1v) is 6.97. The molecule has 20 heavy (non-hydrogen) atoms. The van der Waals surface area contributed by atoms with Crippen molar-refractivity contribution in [2.24, 2.45) is 11.7 Å². The monoisotopic (exact) mass is 270 g/mol. The average molecular weight is 270 g/mol. The Morgan fingerprint density at radius 2 is 1.80 bits per heavy atom. The highest BCUT2D eigenvalue weighted by Crippen LogP contribution is 2.17. The van der Waals surface area contributed by atoms with Gasteiger partial charge in [0.1, 0.15) is 0 Å². The summed E-state index contributed by atoms with van der Waals surface area (Å²) in [4.78, 5) is 13.9. The van der Waals surface area contributed by atoms with Crippen molar-refractivity contribution in [2.45, 2.75) is 26.4 Å². The summed E-state index contributed by atoms with van der Waals surface area (Å²) in [5, 5.41) is 2.42. The Morgan fingerprint density at radius 3 is 2.45 bits per heavy atom. The van der Waals surface area contributed by atoms with Crippen molar-refractivity contribution < 1.29 is 4.79 Å². The van der Waals surface area contributed by atoms with Crippen LogP contribution in [-0.2, 0) is 11.3 Å². The third-order valence-electron chi connectivity index (χ3n) is 3.79. The maximum Gasteiger partial charge on any atom is 0.226 e. The van der Waals surface area contributed by atoms with Crippen LogP contribution in [0, 0.1) is 5.92 Å². The number of nitrogens with zero attached hydrogens (tertiary/aromatic N) is 1. The van der Waals surface area contributed by atoms with Gasteiger partial charge in [0.15, 0.2) is 0 Å². The second kappa shape index (κ2) is 6.06. The van der Waals surface area contributed by atoms with Crippen LogP contribution in [0.25, 0.3) is 10.8 Å². The fourth-order valence-electron chi connectivity index (χ4n) is 2.26. The molecule has 2 atom stereocenters. The average Bonchev–Trinajstić information content (AvgIpc) is 2.45. The molecule has 0 aliphatic rings. The summed E-state index contributed by atoms with van der Waals surface area (Å²) in [7, 11) is 1.83. The highest BCUT2D eigenvalue weighted by molar-refractivity contribution is 5.83. The van der Waals surface area contributed by atoms with Gasteiger partial charge in [0, 0.05) is 19.6 Å². The number of hydrogen-bond donors (Lipinski definition) is 1. The molecule has 0 heterocycles. The Hall–Kier alpha value is -1.87. The molecule has 0 aliphatic carbocycles. The van der Waals surface area contributed by atoms with Crippen molar-refractivity contribution in [2.75, 3.05) is 7.05 Å².